The van der Waals surface area contributed by atoms with Gasteiger partial charge in [0, 0.05) is 39.8 Å². The van der Waals surface area contributed by atoms with E-state index in [1.54, 1.807) is 30.1 Å². The van der Waals surface area contributed by atoms with E-state index in [0.29, 0.717) is 25.1 Å². The summed E-state index contributed by atoms with van der Waals surface area (Å²) in [5.74, 6) is -0.189. The highest BCUT2D eigenvalue weighted by Gasteiger charge is 2.28. The lowest BCUT2D eigenvalue weighted by atomic mass is 10.0. The van der Waals surface area contributed by atoms with E-state index in [2.05, 4.69) is 0 Å². The number of rotatable bonds is 2. The van der Waals surface area contributed by atoms with E-state index in [-0.39, 0.29) is 11.7 Å². The molecule has 0 N–H and O–H groups in total. The van der Waals surface area contributed by atoms with Crippen LogP contribution in [0.1, 0.15) is 13.3 Å². The third-order valence-corrected chi connectivity index (χ3v) is 2.20. The first kappa shape index (κ1) is 10.8. The number of nitrogens with zero attached hydrogens (tertiary/aromatic N) is 2. The van der Waals surface area contributed by atoms with Crippen LogP contribution >= 0.6 is 0 Å². The Morgan fingerprint density at radius 3 is 2.57 bits per heavy atom. The summed E-state index contributed by atoms with van der Waals surface area (Å²) in [4.78, 5) is 26.6. The fourth-order valence-electron chi connectivity index (χ4n) is 1.45. The highest BCUT2D eigenvalue weighted by Crippen LogP contribution is 2.13. The number of hydrogen-bond donors (Lipinski definition) is 0. The molecule has 0 radical (unpaired) electrons. The Hall–Kier alpha value is -1.32. The first-order valence-electron chi connectivity index (χ1n) is 4.77. The van der Waals surface area contributed by atoms with Gasteiger partial charge in [-0.25, -0.2) is 0 Å². The molecule has 1 saturated heterocycles. The minimum absolute atomic E-state index is 0.0478. The Labute approximate surface area is 84.2 Å². The van der Waals surface area contributed by atoms with Gasteiger partial charge in [-0.05, 0) is 6.92 Å². The molecule has 0 spiro atoms. The molecule has 14 heavy (non-hydrogen) atoms. The monoisotopic (exact) mass is 196 g/mol. The molecule has 0 saturated carbocycles. The second kappa shape index (κ2) is 4.26. The zero-order valence-electron chi connectivity index (χ0n) is 8.91. The van der Waals surface area contributed by atoms with Gasteiger partial charge in [-0.15, -0.1) is 0 Å². The number of amides is 1. The minimum atomic E-state index is -0.141. The first-order chi connectivity index (χ1) is 6.56. The fraction of sp³-hybridized carbons (Fsp3) is 0.600. The number of likely N-dealkylation sites (tertiary alicyclic amines) is 1. The van der Waals surface area contributed by atoms with Crippen LogP contribution in [0.2, 0.25) is 0 Å². The maximum atomic E-state index is 11.7. The number of likely N-dealkylation sites (N-methyl/N-ethyl adjacent to an activating group) is 1. The summed E-state index contributed by atoms with van der Waals surface area (Å²) in [6, 6.07) is 0. The maximum Gasteiger partial charge on any atom is 0.258 e. The van der Waals surface area contributed by atoms with E-state index in [1.807, 2.05) is 6.92 Å². The Kier molecular flexibility index (Phi) is 3.28. The van der Waals surface area contributed by atoms with Gasteiger partial charge in [0.05, 0.1) is 5.57 Å². The molecule has 4 nitrogen and oxygen atoms in total. The predicted molar refractivity (Wildman–Crippen MR) is 53.6 cm³/mol. The van der Waals surface area contributed by atoms with Gasteiger partial charge < -0.3 is 9.80 Å². The zero-order chi connectivity index (χ0) is 10.7. The van der Waals surface area contributed by atoms with Crippen molar-refractivity contribution in [2.24, 2.45) is 0 Å². The average Bonchev–Trinajstić information content (AvgIpc) is 2.12. The van der Waals surface area contributed by atoms with E-state index in [4.69, 9.17) is 0 Å². The van der Waals surface area contributed by atoms with Crippen LogP contribution in [-0.4, -0.2) is 48.7 Å². The highest BCUT2D eigenvalue weighted by atomic mass is 16.2. The van der Waals surface area contributed by atoms with Crippen molar-refractivity contribution >= 4 is 11.7 Å². The lowest BCUT2D eigenvalue weighted by Gasteiger charge is -2.26. The zero-order valence-corrected chi connectivity index (χ0v) is 8.91. The molecule has 1 rings (SSSR count). The minimum Gasteiger partial charge on any atom is -0.383 e. The number of carbonyl (C=O) groups is 2. The highest BCUT2D eigenvalue weighted by molar-refractivity contribution is 6.20. The molecule has 0 aromatic heterocycles. The van der Waals surface area contributed by atoms with Gasteiger partial charge in [-0.2, -0.15) is 0 Å². The third-order valence-electron chi connectivity index (χ3n) is 2.20. The lowest BCUT2D eigenvalue weighted by Crippen LogP contribution is -2.41. The molecular formula is C10H16N2O2. The summed E-state index contributed by atoms with van der Waals surface area (Å²) in [7, 11) is 3.61. The second-order valence-corrected chi connectivity index (χ2v) is 3.56. The quantitative estimate of drug-likeness (QED) is 0.469. The van der Waals surface area contributed by atoms with Gasteiger partial charge in [0.25, 0.3) is 5.91 Å². The van der Waals surface area contributed by atoms with Gasteiger partial charge in [0.15, 0.2) is 5.78 Å². The molecule has 1 aliphatic rings. The lowest BCUT2D eigenvalue weighted by molar-refractivity contribution is -0.133. The van der Waals surface area contributed by atoms with Crippen molar-refractivity contribution < 1.29 is 9.59 Å². The summed E-state index contributed by atoms with van der Waals surface area (Å²) in [5.41, 5.74) is 0.308. The second-order valence-electron chi connectivity index (χ2n) is 3.56. The molecule has 1 amide bonds. The maximum absolute atomic E-state index is 11.7. The Bertz CT molecular complexity index is 282. The van der Waals surface area contributed by atoms with E-state index in [1.165, 1.54) is 0 Å². The molecular weight excluding hydrogens is 180 g/mol. The number of ketones is 1. The Balaban J connectivity index is 2.90. The Morgan fingerprint density at radius 1 is 1.43 bits per heavy atom. The third kappa shape index (κ3) is 2.13. The normalized spacial score (nSPS) is 20.5. The number of Topliss-reactive ketones (excluding diaryl/α,β-unsaturated/α-hetero) is 1. The standard InChI is InChI=1S/C10H16N2O2/c1-4-12-6-5-9(13)8(10(12)14)7-11(2)3/h7H,4-6H2,1-3H3. The van der Waals surface area contributed by atoms with Crippen molar-refractivity contribution in [3.05, 3.63) is 11.8 Å². The predicted octanol–water partition coefficient (Wildman–Crippen LogP) is 0.253. The number of piperidine rings is 1. The van der Waals surface area contributed by atoms with E-state index < -0.39 is 0 Å². The molecule has 1 fully saturated rings. The van der Waals surface area contributed by atoms with Crippen molar-refractivity contribution in [1.29, 1.82) is 0 Å². The molecule has 4 heteroatoms. The molecule has 0 aromatic carbocycles. The number of carbonyl (C=O) groups excluding carboxylic acids is 2. The Morgan fingerprint density at radius 2 is 2.07 bits per heavy atom. The van der Waals surface area contributed by atoms with Crippen molar-refractivity contribution in [1.82, 2.24) is 9.80 Å². The molecule has 78 valence electrons. The van der Waals surface area contributed by atoms with Crippen LogP contribution in [0.25, 0.3) is 0 Å². The molecule has 0 unspecified atom stereocenters. The van der Waals surface area contributed by atoms with Crippen LogP contribution in [0, 0.1) is 0 Å². The molecule has 0 atom stereocenters. The van der Waals surface area contributed by atoms with Crippen LogP contribution in [0.5, 0.6) is 0 Å². The fourth-order valence-corrected chi connectivity index (χ4v) is 1.45. The van der Waals surface area contributed by atoms with Crippen LogP contribution < -0.4 is 0 Å². The summed E-state index contributed by atoms with van der Waals surface area (Å²) in [6.07, 6.45) is 2.05. The van der Waals surface area contributed by atoms with Crippen molar-refractivity contribution in [2.75, 3.05) is 27.2 Å². The van der Waals surface area contributed by atoms with Crippen molar-refractivity contribution in [3.8, 4) is 0 Å². The van der Waals surface area contributed by atoms with Crippen molar-refractivity contribution in [2.45, 2.75) is 13.3 Å². The molecule has 1 heterocycles. The topological polar surface area (TPSA) is 40.6 Å². The summed E-state index contributed by atoms with van der Waals surface area (Å²) < 4.78 is 0. The van der Waals surface area contributed by atoms with E-state index >= 15 is 0 Å². The van der Waals surface area contributed by atoms with Gasteiger partial charge in [-0.1, -0.05) is 0 Å². The van der Waals surface area contributed by atoms with Gasteiger partial charge >= 0.3 is 0 Å². The molecule has 0 aromatic rings. The average molecular weight is 196 g/mol. The smallest absolute Gasteiger partial charge is 0.258 e. The number of hydrogen-bond acceptors (Lipinski definition) is 3. The summed E-state index contributed by atoms with van der Waals surface area (Å²) in [6.45, 7) is 3.14. The van der Waals surface area contributed by atoms with Crippen LogP contribution in [0.3, 0.4) is 0 Å². The van der Waals surface area contributed by atoms with Crippen LogP contribution in [0.15, 0.2) is 11.8 Å². The largest absolute Gasteiger partial charge is 0.383 e. The molecule has 0 bridgehead atoms. The van der Waals surface area contributed by atoms with Gasteiger partial charge in [0.1, 0.15) is 0 Å². The van der Waals surface area contributed by atoms with Gasteiger partial charge in [0.2, 0.25) is 0 Å². The van der Waals surface area contributed by atoms with E-state index in [9.17, 15) is 9.59 Å². The SMILES string of the molecule is CCN1CCC(=O)C(=CN(C)C)C1=O. The van der Waals surface area contributed by atoms with Gasteiger partial charge in [-0.3, -0.25) is 9.59 Å². The van der Waals surface area contributed by atoms with Crippen LogP contribution in [-0.2, 0) is 9.59 Å². The summed E-state index contributed by atoms with van der Waals surface area (Å²) >= 11 is 0. The van der Waals surface area contributed by atoms with Crippen molar-refractivity contribution in [3.63, 3.8) is 0 Å². The van der Waals surface area contributed by atoms with E-state index in [0.717, 1.165) is 0 Å². The summed E-state index contributed by atoms with van der Waals surface area (Å²) in [5, 5.41) is 0. The van der Waals surface area contributed by atoms with Crippen LogP contribution in [0.4, 0.5) is 0 Å². The molecule has 0 aliphatic carbocycles. The molecule has 1 aliphatic heterocycles. The first-order valence-corrected chi connectivity index (χ1v) is 4.77.